The average molecular weight is 326 g/mol. The van der Waals surface area contributed by atoms with Gasteiger partial charge in [0, 0.05) is 24.4 Å². The van der Waals surface area contributed by atoms with Gasteiger partial charge in [-0.25, -0.2) is 4.79 Å². The molecule has 1 fully saturated rings. The molecule has 3 atom stereocenters. The Morgan fingerprint density at radius 3 is 2.95 bits per heavy atom. The van der Waals surface area contributed by atoms with Crippen LogP contribution in [0.25, 0.3) is 11.1 Å². The van der Waals surface area contributed by atoms with Gasteiger partial charge < -0.3 is 9.15 Å². The van der Waals surface area contributed by atoms with Crippen LogP contribution in [0.1, 0.15) is 23.7 Å². The van der Waals surface area contributed by atoms with E-state index < -0.39 is 0 Å². The maximum Gasteiger partial charge on any atom is 0.419 e. The highest BCUT2D eigenvalue weighted by Crippen LogP contribution is 2.39. The summed E-state index contributed by atoms with van der Waals surface area (Å²) in [6, 6.07) is 5.92. The molecular formula is C14H16BrNO3. The first-order valence-electron chi connectivity index (χ1n) is 6.43. The fraction of sp³-hybridized carbons (Fsp3) is 0.500. The second-order valence-corrected chi connectivity index (χ2v) is 6.07. The van der Waals surface area contributed by atoms with Crippen molar-refractivity contribution in [1.82, 2.24) is 4.57 Å². The number of aryl methyl sites for hydroxylation is 1. The third-order valence-electron chi connectivity index (χ3n) is 3.95. The van der Waals surface area contributed by atoms with Crippen molar-refractivity contribution >= 4 is 27.0 Å². The van der Waals surface area contributed by atoms with Crippen LogP contribution in [0.15, 0.2) is 27.4 Å². The Balaban J connectivity index is 1.99. The number of fused-ring (bicyclic) bond motifs is 1. The Kier molecular flexibility index (Phi) is 3.27. The molecule has 2 heterocycles. The minimum atomic E-state index is -0.323. The fourth-order valence-corrected chi connectivity index (χ4v) is 3.68. The molecule has 1 aromatic carbocycles. The third-order valence-corrected chi connectivity index (χ3v) is 5.15. The molecule has 0 N–H and O–H groups in total. The normalized spacial score (nSPS) is 25.0. The molecule has 19 heavy (non-hydrogen) atoms. The summed E-state index contributed by atoms with van der Waals surface area (Å²) in [5, 5.41) is 0. The van der Waals surface area contributed by atoms with Gasteiger partial charge in [-0.1, -0.05) is 22.0 Å². The van der Waals surface area contributed by atoms with Gasteiger partial charge in [0.2, 0.25) is 0 Å². The van der Waals surface area contributed by atoms with E-state index in [2.05, 4.69) is 22.9 Å². The number of ether oxygens (including phenoxy) is 1. The summed E-state index contributed by atoms with van der Waals surface area (Å²) in [7, 11) is 1.71. The molecule has 3 unspecified atom stereocenters. The molecule has 0 spiro atoms. The molecular weight excluding hydrogens is 310 g/mol. The lowest BCUT2D eigenvalue weighted by Crippen LogP contribution is -2.16. The maximum atomic E-state index is 11.5. The highest BCUT2D eigenvalue weighted by atomic mass is 79.9. The van der Waals surface area contributed by atoms with Crippen LogP contribution in [0.5, 0.6) is 0 Å². The Hall–Kier alpha value is -1.07. The number of alkyl halides is 1. The van der Waals surface area contributed by atoms with Gasteiger partial charge in [-0.2, -0.15) is 0 Å². The van der Waals surface area contributed by atoms with E-state index >= 15 is 0 Å². The number of nitrogens with zero attached hydrogens (tertiary/aromatic N) is 1. The van der Waals surface area contributed by atoms with Gasteiger partial charge in [-0.05, 0) is 31.0 Å². The number of rotatable bonds is 2. The molecule has 1 saturated heterocycles. The average Bonchev–Trinajstić information content (AvgIpc) is 2.93. The van der Waals surface area contributed by atoms with E-state index in [9.17, 15) is 4.79 Å². The standard InChI is InChI=1S/C14H16BrNO3/c1-8-10(5-6-18-8)13(15)9-3-4-11-12(7-9)19-14(17)16(11)2/h3-4,7-8,10,13H,5-6H2,1-2H3. The highest BCUT2D eigenvalue weighted by molar-refractivity contribution is 9.09. The van der Waals surface area contributed by atoms with E-state index in [1.807, 2.05) is 18.2 Å². The van der Waals surface area contributed by atoms with E-state index in [4.69, 9.17) is 9.15 Å². The highest BCUT2D eigenvalue weighted by Gasteiger charge is 2.31. The molecule has 1 aromatic heterocycles. The van der Waals surface area contributed by atoms with E-state index in [1.54, 1.807) is 7.05 Å². The zero-order chi connectivity index (χ0) is 13.6. The first kappa shape index (κ1) is 12.9. The molecule has 5 heteroatoms. The molecule has 4 nitrogen and oxygen atoms in total. The summed E-state index contributed by atoms with van der Waals surface area (Å²) >= 11 is 3.76. The smallest absolute Gasteiger partial charge is 0.408 e. The largest absolute Gasteiger partial charge is 0.419 e. The predicted molar refractivity (Wildman–Crippen MR) is 76.6 cm³/mol. The molecule has 0 saturated carbocycles. The third kappa shape index (κ3) is 2.15. The number of hydrogen-bond acceptors (Lipinski definition) is 3. The first-order valence-corrected chi connectivity index (χ1v) is 7.34. The van der Waals surface area contributed by atoms with Crippen molar-refractivity contribution in [2.75, 3.05) is 6.61 Å². The Labute approximate surface area is 119 Å². The number of benzene rings is 1. The van der Waals surface area contributed by atoms with Crippen molar-refractivity contribution in [3.63, 3.8) is 0 Å². The lowest BCUT2D eigenvalue weighted by molar-refractivity contribution is 0.105. The SMILES string of the molecule is CC1OCCC1C(Br)c1ccc2c(c1)oc(=O)n2C. The fourth-order valence-electron chi connectivity index (χ4n) is 2.70. The van der Waals surface area contributed by atoms with Crippen LogP contribution in [0.2, 0.25) is 0 Å². The topological polar surface area (TPSA) is 44.4 Å². The van der Waals surface area contributed by atoms with Crippen molar-refractivity contribution in [2.24, 2.45) is 13.0 Å². The molecule has 3 rings (SSSR count). The van der Waals surface area contributed by atoms with Crippen LogP contribution >= 0.6 is 15.9 Å². The van der Waals surface area contributed by atoms with Gasteiger partial charge in [-0.15, -0.1) is 0 Å². The second-order valence-electron chi connectivity index (χ2n) is 5.08. The molecule has 102 valence electrons. The molecule has 0 aliphatic carbocycles. The first-order chi connectivity index (χ1) is 9.08. The number of aromatic nitrogens is 1. The van der Waals surface area contributed by atoms with E-state index in [1.165, 1.54) is 4.57 Å². The summed E-state index contributed by atoms with van der Waals surface area (Å²) in [5.41, 5.74) is 2.59. The minimum Gasteiger partial charge on any atom is -0.408 e. The van der Waals surface area contributed by atoms with Gasteiger partial charge in [-0.3, -0.25) is 4.57 Å². The van der Waals surface area contributed by atoms with Crippen molar-refractivity contribution in [3.8, 4) is 0 Å². The van der Waals surface area contributed by atoms with Crippen LogP contribution in [-0.2, 0) is 11.8 Å². The quantitative estimate of drug-likeness (QED) is 0.797. The molecule has 0 radical (unpaired) electrons. The Bertz CT molecular complexity index is 660. The number of hydrogen-bond donors (Lipinski definition) is 0. The Morgan fingerprint density at radius 2 is 2.26 bits per heavy atom. The summed E-state index contributed by atoms with van der Waals surface area (Å²) in [4.78, 5) is 11.7. The summed E-state index contributed by atoms with van der Waals surface area (Å²) in [6.45, 7) is 2.92. The van der Waals surface area contributed by atoms with E-state index in [0.717, 1.165) is 24.1 Å². The van der Waals surface area contributed by atoms with Crippen molar-refractivity contribution in [3.05, 3.63) is 34.3 Å². The number of oxazole rings is 1. The van der Waals surface area contributed by atoms with Crippen LogP contribution in [0, 0.1) is 5.92 Å². The zero-order valence-corrected chi connectivity index (χ0v) is 12.5. The lowest BCUT2D eigenvalue weighted by atomic mass is 9.94. The van der Waals surface area contributed by atoms with Crippen molar-refractivity contribution < 1.29 is 9.15 Å². The molecule has 0 amide bonds. The summed E-state index contributed by atoms with van der Waals surface area (Å²) in [5.74, 6) is 0.128. The summed E-state index contributed by atoms with van der Waals surface area (Å²) in [6.07, 6.45) is 1.30. The zero-order valence-electron chi connectivity index (χ0n) is 10.9. The van der Waals surface area contributed by atoms with E-state index in [0.29, 0.717) is 11.5 Å². The second kappa shape index (κ2) is 4.80. The van der Waals surface area contributed by atoms with Crippen molar-refractivity contribution in [1.29, 1.82) is 0 Å². The monoisotopic (exact) mass is 325 g/mol. The minimum absolute atomic E-state index is 0.222. The molecule has 2 aromatic rings. The van der Waals surface area contributed by atoms with Crippen LogP contribution in [0.3, 0.4) is 0 Å². The maximum absolute atomic E-state index is 11.5. The van der Waals surface area contributed by atoms with Gasteiger partial charge >= 0.3 is 5.76 Å². The summed E-state index contributed by atoms with van der Waals surface area (Å²) < 4.78 is 12.4. The van der Waals surface area contributed by atoms with Gasteiger partial charge in [0.05, 0.1) is 11.6 Å². The van der Waals surface area contributed by atoms with Crippen LogP contribution in [0.4, 0.5) is 0 Å². The predicted octanol–water partition coefficient (Wildman–Crippen LogP) is 2.99. The van der Waals surface area contributed by atoms with Crippen LogP contribution < -0.4 is 5.76 Å². The molecule has 1 aliphatic heterocycles. The van der Waals surface area contributed by atoms with Crippen molar-refractivity contribution in [2.45, 2.75) is 24.3 Å². The van der Waals surface area contributed by atoms with Gasteiger partial charge in [0.25, 0.3) is 0 Å². The lowest BCUT2D eigenvalue weighted by Gasteiger charge is -2.20. The van der Waals surface area contributed by atoms with Gasteiger partial charge in [0.1, 0.15) is 0 Å². The Morgan fingerprint density at radius 1 is 1.47 bits per heavy atom. The van der Waals surface area contributed by atoms with Gasteiger partial charge in [0.15, 0.2) is 5.58 Å². The van der Waals surface area contributed by atoms with Crippen LogP contribution in [-0.4, -0.2) is 17.3 Å². The van der Waals surface area contributed by atoms with E-state index in [-0.39, 0.29) is 16.7 Å². The molecule has 0 bridgehead atoms. The number of halogens is 1. The molecule has 1 aliphatic rings.